The van der Waals surface area contributed by atoms with E-state index < -0.39 is 0 Å². The van der Waals surface area contributed by atoms with Crippen LogP contribution in [-0.4, -0.2) is 35.1 Å². The molecule has 19 heavy (non-hydrogen) atoms. The van der Waals surface area contributed by atoms with E-state index in [0.29, 0.717) is 0 Å². The highest BCUT2D eigenvalue weighted by atomic mass is 32.1. The predicted octanol–water partition coefficient (Wildman–Crippen LogP) is 2.61. The molecule has 1 unspecified atom stereocenters. The van der Waals surface area contributed by atoms with Gasteiger partial charge >= 0.3 is 0 Å². The summed E-state index contributed by atoms with van der Waals surface area (Å²) in [5, 5.41) is 11.5. The number of nitrogens with zero attached hydrogens (tertiary/aromatic N) is 1. The summed E-state index contributed by atoms with van der Waals surface area (Å²) in [7, 11) is 0. The molecule has 0 spiro atoms. The lowest BCUT2D eigenvalue weighted by molar-refractivity contribution is 0.0502. The molecule has 104 valence electrons. The van der Waals surface area contributed by atoms with Gasteiger partial charge in [-0.1, -0.05) is 0 Å². The van der Waals surface area contributed by atoms with Gasteiger partial charge in [0.05, 0.1) is 18.2 Å². The monoisotopic (exact) mass is 279 g/mol. The Kier molecular flexibility index (Phi) is 3.89. The smallest absolute Gasteiger partial charge is 0.255 e. The summed E-state index contributed by atoms with van der Waals surface area (Å²) >= 11 is 1.74. The fourth-order valence-electron chi connectivity index (χ4n) is 3.29. The average Bonchev–Trinajstić information content (AvgIpc) is 2.90. The van der Waals surface area contributed by atoms with Crippen LogP contribution in [0.2, 0.25) is 0 Å². The van der Waals surface area contributed by atoms with Gasteiger partial charge in [0.2, 0.25) is 0 Å². The zero-order chi connectivity index (χ0) is 13.2. The van der Waals surface area contributed by atoms with Gasteiger partial charge in [0.15, 0.2) is 0 Å². The molecular formula is C15H21NO2S. The van der Waals surface area contributed by atoms with Gasteiger partial charge in [0.25, 0.3) is 5.91 Å². The van der Waals surface area contributed by atoms with E-state index in [9.17, 15) is 9.90 Å². The highest BCUT2D eigenvalue weighted by Gasteiger charge is 2.29. The van der Waals surface area contributed by atoms with Crippen molar-refractivity contribution in [3.8, 4) is 0 Å². The van der Waals surface area contributed by atoms with Crippen LogP contribution in [-0.2, 0) is 12.8 Å². The molecule has 1 aromatic rings. The van der Waals surface area contributed by atoms with E-state index in [2.05, 4.69) is 0 Å². The number of thiophene rings is 1. The minimum atomic E-state index is 0.0281. The Morgan fingerprint density at radius 2 is 2.16 bits per heavy atom. The molecule has 4 heteroatoms. The third-order valence-corrected chi connectivity index (χ3v) is 5.48. The third kappa shape index (κ3) is 2.43. The molecule has 0 bridgehead atoms. The van der Waals surface area contributed by atoms with E-state index >= 15 is 0 Å². The van der Waals surface area contributed by atoms with Crippen molar-refractivity contribution in [2.45, 2.75) is 51.0 Å². The summed E-state index contributed by atoms with van der Waals surface area (Å²) in [5.41, 5.74) is 2.21. The third-order valence-electron chi connectivity index (χ3n) is 4.39. The first kappa shape index (κ1) is 13.1. The highest BCUT2D eigenvalue weighted by molar-refractivity contribution is 7.10. The number of piperidine rings is 1. The number of hydrogen-bond acceptors (Lipinski definition) is 3. The maximum atomic E-state index is 12.7. The van der Waals surface area contributed by atoms with Crippen LogP contribution in [0.5, 0.6) is 0 Å². The van der Waals surface area contributed by atoms with E-state index in [-0.39, 0.29) is 18.6 Å². The second-order valence-electron chi connectivity index (χ2n) is 5.59. The quantitative estimate of drug-likeness (QED) is 0.904. The molecule has 1 amide bonds. The van der Waals surface area contributed by atoms with Crippen LogP contribution in [0.3, 0.4) is 0 Å². The van der Waals surface area contributed by atoms with E-state index in [1.165, 1.54) is 23.3 Å². The van der Waals surface area contributed by atoms with Crippen LogP contribution in [0.4, 0.5) is 0 Å². The number of aliphatic hydroxyl groups is 1. The number of hydrogen-bond donors (Lipinski definition) is 1. The van der Waals surface area contributed by atoms with Gasteiger partial charge in [0.1, 0.15) is 0 Å². The lowest BCUT2D eigenvalue weighted by Crippen LogP contribution is -2.45. The fourth-order valence-corrected chi connectivity index (χ4v) is 4.41. The molecular weight excluding hydrogens is 258 g/mol. The molecule has 3 nitrogen and oxygen atoms in total. The number of rotatable bonds is 2. The second-order valence-corrected chi connectivity index (χ2v) is 6.55. The van der Waals surface area contributed by atoms with Gasteiger partial charge in [0, 0.05) is 16.8 Å². The van der Waals surface area contributed by atoms with Crippen molar-refractivity contribution in [3.63, 3.8) is 0 Å². The van der Waals surface area contributed by atoms with Crippen molar-refractivity contribution in [2.24, 2.45) is 0 Å². The number of fused-ring (bicyclic) bond motifs is 1. The summed E-state index contributed by atoms with van der Waals surface area (Å²) in [4.78, 5) is 16.0. The maximum absolute atomic E-state index is 12.7. The zero-order valence-electron chi connectivity index (χ0n) is 11.2. The Balaban J connectivity index is 1.84. The number of carbonyl (C=O) groups is 1. The van der Waals surface area contributed by atoms with Crippen LogP contribution >= 0.6 is 11.3 Å². The molecule has 2 heterocycles. The van der Waals surface area contributed by atoms with Gasteiger partial charge in [-0.2, -0.15) is 0 Å². The molecule has 3 rings (SSSR count). The van der Waals surface area contributed by atoms with Gasteiger partial charge in [-0.15, -0.1) is 11.3 Å². The molecule has 1 aliphatic carbocycles. The Hall–Kier alpha value is -0.870. The Bertz CT molecular complexity index is 469. The van der Waals surface area contributed by atoms with Crippen LogP contribution in [0.1, 0.15) is 52.9 Å². The van der Waals surface area contributed by atoms with E-state index in [0.717, 1.165) is 44.2 Å². The predicted molar refractivity (Wildman–Crippen MR) is 76.7 cm³/mol. The van der Waals surface area contributed by atoms with Crippen molar-refractivity contribution in [3.05, 3.63) is 21.4 Å². The normalized spacial score (nSPS) is 23.2. The molecule has 1 saturated heterocycles. The van der Waals surface area contributed by atoms with Crippen molar-refractivity contribution in [2.75, 3.05) is 13.2 Å². The van der Waals surface area contributed by atoms with Crippen LogP contribution in [0.25, 0.3) is 0 Å². The number of aryl methyl sites for hydroxylation is 1. The summed E-state index contributed by atoms with van der Waals surface area (Å²) in [5.74, 6) is 0.151. The number of aliphatic hydroxyl groups excluding tert-OH is 1. The van der Waals surface area contributed by atoms with E-state index in [1.54, 1.807) is 11.3 Å². The molecule has 1 N–H and O–H groups in total. The van der Waals surface area contributed by atoms with Gasteiger partial charge in [-0.3, -0.25) is 4.79 Å². The molecule has 1 fully saturated rings. The van der Waals surface area contributed by atoms with Crippen molar-refractivity contribution in [1.82, 2.24) is 4.90 Å². The Morgan fingerprint density at radius 1 is 1.32 bits per heavy atom. The Labute approximate surface area is 118 Å². The first-order valence-electron chi connectivity index (χ1n) is 7.32. The summed E-state index contributed by atoms with van der Waals surface area (Å²) in [6, 6.07) is 0.0281. The Morgan fingerprint density at radius 3 is 3.00 bits per heavy atom. The minimum Gasteiger partial charge on any atom is -0.394 e. The highest BCUT2D eigenvalue weighted by Crippen LogP contribution is 2.32. The first-order chi connectivity index (χ1) is 9.31. The van der Waals surface area contributed by atoms with E-state index in [4.69, 9.17) is 0 Å². The molecule has 0 saturated carbocycles. The summed E-state index contributed by atoms with van der Waals surface area (Å²) < 4.78 is 0. The fraction of sp³-hybridized carbons (Fsp3) is 0.667. The second kappa shape index (κ2) is 5.63. The van der Waals surface area contributed by atoms with Gasteiger partial charge in [-0.25, -0.2) is 0 Å². The maximum Gasteiger partial charge on any atom is 0.255 e. The minimum absolute atomic E-state index is 0.0281. The molecule has 0 radical (unpaired) electrons. The largest absolute Gasteiger partial charge is 0.394 e. The van der Waals surface area contributed by atoms with Crippen LogP contribution in [0.15, 0.2) is 5.38 Å². The molecule has 2 aliphatic rings. The molecule has 1 aliphatic heterocycles. The van der Waals surface area contributed by atoms with Crippen molar-refractivity contribution < 1.29 is 9.90 Å². The summed E-state index contributed by atoms with van der Waals surface area (Å²) in [6.07, 6.45) is 7.77. The lowest BCUT2D eigenvalue weighted by atomic mass is 9.94. The SMILES string of the molecule is O=C(c1csc2c1CCCC2)N1CCCCC1CO. The lowest BCUT2D eigenvalue weighted by Gasteiger charge is -2.34. The van der Waals surface area contributed by atoms with Crippen LogP contribution in [0, 0.1) is 0 Å². The number of carbonyl (C=O) groups excluding carboxylic acids is 1. The molecule has 1 aromatic heterocycles. The van der Waals surface area contributed by atoms with Crippen molar-refractivity contribution in [1.29, 1.82) is 0 Å². The zero-order valence-corrected chi connectivity index (χ0v) is 12.0. The molecule has 1 atom stereocenters. The van der Waals surface area contributed by atoms with Gasteiger partial charge in [-0.05, 0) is 50.5 Å². The number of likely N-dealkylation sites (tertiary alicyclic amines) is 1. The van der Waals surface area contributed by atoms with Crippen molar-refractivity contribution >= 4 is 17.2 Å². The molecule has 0 aromatic carbocycles. The van der Waals surface area contributed by atoms with E-state index in [1.807, 2.05) is 10.3 Å². The van der Waals surface area contributed by atoms with Crippen LogP contribution < -0.4 is 0 Å². The standard InChI is InChI=1S/C15H21NO2S/c17-9-11-5-3-4-8-16(11)15(18)13-10-19-14-7-2-1-6-12(13)14/h10-11,17H,1-9H2. The average molecular weight is 279 g/mol. The number of amides is 1. The summed E-state index contributed by atoms with van der Waals surface area (Å²) in [6.45, 7) is 0.896. The van der Waals surface area contributed by atoms with Gasteiger partial charge < -0.3 is 10.0 Å². The topological polar surface area (TPSA) is 40.5 Å². The first-order valence-corrected chi connectivity index (χ1v) is 8.20.